The molecule has 0 saturated carbocycles. The van der Waals surface area contributed by atoms with E-state index in [1.54, 1.807) is 11.0 Å². The van der Waals surface area contributed by atoms with Crippen LogP contribution in [0.25, 0.3) is 11.0 Å². The Labute approximate surface area is 272 Å². The quantitative estimate of drug-likeness (QED) is 0.393. The minimum Gasteiger partial charge on any atom is -0.381 e. The molecule has 1 N–H and O–H groups in total. The normalized spacial score (nSPS) is 25.4. The standard InChI is InChI=1S/C33H41F3N6O4S/c1-2-27-24-7-5-8-26(29(24)34)33(35,36)23-9-13-40(14-10-23)11-3-4-17-46-18-6-12-42-31-25(30(39-27)37-22-38-31)21-28(32(42)43)41-15-19-47(44,45)20-16-41/h2,5,7-8,21-23,27H,1,3-4,6,9-20H2,(H,37,38,39)/t27-/m1/s1. The summed E-state index contributed by atoms with van der Waals surface area (Å²) in [6, 6.07) is 4.73. The number of ether oxygens (including phenoxy) is 1. The second-order valence-electron chi connectivity index (χ2n) is 12.6. The summed E-state index contributed by atoms with van der Waals surface area (Å²) in [4.78, 5) is 26.6. The Morgan fingerprint density at radius 3 is 2.49 bits per heavy atom. The van der Waals surface area contributed by atoms with Crippen molar-refractivity contribution in [3.05, 3.63) is 70.5 Å². The Morgan fingerprint density at radius 2 is 1.74 bits per heavy atom. The van der Waals surface area contributed by atoms with Gasteiger partial charge in [-0.2, -0.15) is 0 Å². The lowest BCUT2D eigenvalue weighted by Gasteiger charge is -2.36. The summed E-state index contributed by atoms with van der Waals surface area (Å²) in [5.41, 5.74) is -0.327. The maximum absolute atomic E-state index is 16.1. The van der Waals surface area contributed by atoms with E-state index < -0.39 is 39.1 Å². The number of aryl methyl sites for hydroxylation is 1. The molecule has 0 spiro atoms. The summed E-state index contributed by atoms with van der Waals surface area (Å²) in [6.45, 7) is 7.27. The number of nitrogens with one attached hydrogen (secondary N) is 1. The fourth-order valence-corrected chi connectivity index (χ4v) is 8.03. The molecule has 0 aliphatic carbocycles. The van der Waals surface area contributed by atoms with Crippen molar-refractivity contribution in [3.63, 3.8) is 0 Å². The molecule has 4 aliphatic rings. The Kier molecular flexibility index (Phi) is 9.90. The number of benzene rings is 1. The predicted molar refractivity (Wildman–Crippen MR) is 175 cm³/mol. The highest BCUT2D eigenvalue weighted by atomic mass is 32.2. The van der Waals surface area contributed by atoms with Crippen LogP contribution in [0.15, 0.2) is 48.0 Å². The fraction of sp³-hybridized carbons (Fsp3) is 0.545. The van der Waals surface area contributed by atoms with E-state index in [9.17, 15) is 13.2 Å². The first-order valence-electron chi connectivity index (χ1n) is 16.3. The van der Waals surface area contributed by atoms with Crippen molar-refractivity contribution in [3.8, 4) is 0 Å². The number of halogens is 3. The topological polar surface area (TPSA) is 110 Å². The van der Waals surface area contributed by atoms with Gasteiger partial charge in [0.1, 0.15) is 29.3 Å². The first-order chi connectivity index (χ1) is 22.6. The van der Waals surface area contributed by atoms with Crippen LogP contribution in [0.1, 0.15) is 49.3 Å². The number of anilines is 2. The summed E-state index contributed by atoms with van der Waals surface area (Å²) < 4.78 is 79.7. The number of rotatable bonds is 2. The van der Waals surface area contributed by atoms with Gasteiger partial charge in [-0.1, -0.05) is 24.3 Å². The molecule has 1 aromatic carbocycles. The van der Waals surface area contributed by atoms with Crippen molar-refractivity contribution in [2.24, 2.45) is 5.92 Å². The smallest absolute Gasteiger partial charge is 0.278 e. The number of sulfone groups is 1. The zero-order valence-electron chi connectivity index (χ0n) is 26.3. The van der Waals surface area contributed by atoms with Crippen LogP contribution in [0, 0.1) is 11.7 Å². The predicted octanol–water partition coefficient (Wildman–Crippen LogP) is 4.51. The molecule has 8 bridgehead atoms. The van der Waals surface area contributed by atoms with Crippen LogP contribution in [0.5, 0.6) is 0 Å². The molecule has 3 aromatic rings. The Bertz CT molecular complexity index is 1760. The second-order valence-corrected chi connectivity index (χ2v) is 14.9. The Morgan fingerprint density at radius 1 is 1.00 bits per heavy atom. The number of pyridine rings is 1. The monoisotopic (exact) mass is 674 g/mol. The third kappa shape index (κ3) is 7.05. The van der Waals surface area contributed by atoms with Gasteiger partial charge in [-0.15, -0.1) is 6.58 Å². The van der Waals surface area contributed by atoms with E-state index in [1.165, 1.54) is 29.1 Å². The van der Waals surface area contributed by atoms with Crippen LogP contribution in [0.3, 0.4) is 0 Å². The molecule has 6 heterocycles. The van der Waals surface area contributed by atoms with E-state index in [0.29, 0.717) is 49.4 Å². The third-order valence-corrected chi connectivity index (χ3v) is 11.2. The van der Waals surface area contributed by atoms with Gasteiger partial charge in [-0.05, 0) is 57.8 Å². The van der Waals surface area contributed by atoms with Crippen molar-refractivity contribution < 1.29 is 26.3 Å². The van der Waals surface area contributed by atoms with Crippen LogP contribution in [-0.2, 0) is 27.0 Å². The molecule has 1 atom stereocenters. The van der Waals surface area contributed by atoms with Crippen LogP contribution < -0.4 is 15.8 Å². The molecule has 2 saturated heterocycles. The van der Waals surface area contributed by atoms with Gasteiger partial charge in [-0.25, -0.2) is 31.6 Å². The fourth-order valence-electron chi connectivity index (χ4n) is 6.83. The molecule has 2 aromatic heterocycles. The average Bonchev–Trinajstić information content (AvgIpc) is 3.05. The maximum atomic E-state index is 16.1. The molecular weight excluding hydrogens is 633 g/mol. The molecule has 0 radical (unpaired) electrons. The molecule has 0 unspecified atom stereocenters. The van der Waals surface area contributed by atoms with Gasteiger partial charge < -0.3 is 19.9 Å². The number of hydrogen-bond acceptors (Lipinski definition) is 9. The second kappa shape index (κ2) is 13.9. The van der Waals surface area contributed by atoms with Crippen LogP contribution >= 0.6 is 0 Å². The minimum atomic E-state index is -3.36. The van der Waals surface area contributed by atoms with E-state index in [2.05, 4.69) is 26.8 Å². The Hall–Kier alpha value is -3.49. The van der Waals surface area contributed by atoms with Gasteiger partial charge in [-0.3, -0.25) is 9.36 Å². The lowest BCUT2D eigenvalue weighted by atomic mass is 9.85. The van der Waals surface area contributed by atoms with Gasteiger partial charge in [0.25, 0.3) is 11.5 Å². The molecule has 7 rings (SSSR count). The number of piperidine rings is 1. The van der Waals surface area contributed by atoms with Crippen LogP contribution in [-0.4, -0.2) is 85.3 Å². The van der Waals surface area contributed by atoms with Crippen molar-refractivity contribution in [2.75, 3.05) is 67.7 Å². The molecule has 254 valence electrons. The number of aromatic nitrogens is 3. The number of fused-ring (bicyclic) bond motifs is 10. The first kappa shape index (κ1) is 33.4. The zero-order chi connectivity index (χ0) is 33.2. The van der Waals surface area contributed by atoms with Gasteiger partial charge in [0.05, 0.1) is 28.5 Å². The zero-order valence-corrected chi connectivity index (χ0v) is 27.2. The lowest BCUT2D eigenvalue weighted by Crippen LogP contribution is -2.43. The molecule has 4 aliphatic heterocycles. The van der Waals surface area contributed by atoms with Crippen LogP contribution in [0.2, 0.25) is 0 Å². The molecule has 0 amide bonds. The summed E-state index contributed by atoms with van der Waals surface area (Å²) in [5, 5.41) is 3.60. The van der Waals surface area contributed by atoms with Crippen molar-refractivity contribution >= 4 is 32.4 Å². The van der Waals surface area contributed by atoms with Crippen molar-refractivity contribution in [1.82, 2.24) is 19.4 Å². The molecule has 10 nitrogen and oxygen atoms in total. The first-order valence-corrected chi connectivity index (χ1v) is 18.1. The molecule has 47 heavy (non-hydrogen) atoms. The summed E-state index contributed by atoms with van der Waals surface area (Å²) >= 11 is 0. The summed E-state index contributed by atoms with van der Waals surface area (Å²) in [7, 11) is -3.20. The molecular formula is C33H41F3N6O4S. The van der Waals surface area contributed by atoms with E-state index >= 15 is 13.2 Å². The van der Waals surface area contributed by atoms with Crippen molar-refractivity contribution in [2.45, 2.75) is 50.6 Å². The summed E-state index contributed by atoms with van der Waals surface area (Å²) in [5.74, 6) is -5.24. The third-order valence-electron chi connectivity index (χ3n) is 9.58. The highest BCUT2D eigenvalue weighted by Crippen LogP contribution is 2.44. The van der Waals surface area contributed by atoms with Crippen LogP contribution in [0.4, 0.5) is 24.7 Å². The highest BCUT2D eigenvalue weighted by molar-refractivity contribution is 7.91. The Balaban J connectivity index is 1.42. The van der Waals surface area contributed by atoms with Gasteiger partial charge >= 0.3 is 0 Å². The van der Waals surface area contributed by atoms with E-state index in [1.807, 2.05) is 0 Å². The van der Waals surface area contributed by atoms with E-state index in [-0.39, 0.29) is 60.9 Å². The number of hydrogen-bond donors (Lipinski definition) is 1. The molecule has 2 fully saturated rings. The number of alkyl halides is 2. The largest absolute Gasteiger partial charge is 0.381 e. The van der Waals surface area contributed by atoms with E-state index in [4.69, 9.17) is 4.74 Å². The minimum absolute atomic E-state index is 0.00422. The SMILES string of the molecule is C=C[C@H]1Nc2ncnc3c2cc(N2CCS(=O)(=O)CC2)c(=O)n3CCCOCCCCN2CCC(CC2)C(F)(F)c2cccc1c2F. The highest BCUT2D eigenvalue weighted by Gasteiger charge is 2.45. The number of nitrogens with zero attached hydrogens (tertiary/aromatic N) is 5. The van der Waals surface area contributed by atoms with Crippen molar-refractivity contribution in [1.29, 1.82) is 0 Å². The van der Waals surface area contributed by atoms with Gasteiger partial charge in [0.2, 0.25) is 0 Å². The van der Waals surface area contributed by atoms with Gasteiger partial charge in [0.15, 0.2) is 9.84 Å². The van der Waals surface area contributed by atoms with E-state index in [0.717, 1.165) is 25.5 Å². The average molecular weight is 675 g/mol. The van der Waals surface area contributed by atoms with Gasteiger partial charge in [0, 0.05) is 44.3 Å². The molecule has 14 heteroatoms. The lowest BCUT2D eigenvalue weighted by molar-refractivity contribution is -0.0880. The maximum Gasteiger partial charge on any atom is 0.278 e. The summed E-state index contributed by atoms with van der Waals surface area (Å²) in [6.07, 6.45) is 5.48.